The molecule has 0 aliphatic rings. The Hall–Kier alpha value is -2.85. The predicted octanol–water partition coefficient (Wildman–Crippen LogP) is 5.06. The summed E-state index contributed by atoms with van der Waals surface area (Å²) in [6.07, 6.45) is 5.56. The van der Waals surface area contributed by atoms with Crippen LogP contribution >= 0.6 is 11.3 Å². The molecule has 4 heteroatoms. The summed E-state index contributed by atoms with van der Waals surface area (Å²) in [6.45, 7) is 0. The fourth-order valence-electron chi connectivity index (χ4n) is 2.94. The SMILES string of the molecule is c1cnc2c(-c3cc4sc5ccccc5c4cn3)nccc2c1. The van der Waals surface area contributed by atoms with Gasteiger partial charge in [0, 0.05) is 44.1 Å². The largest absolute Gasteiger partial charge is 0.254 e. The molecule has 0 aliphatic heterocycles. The first kappa shape index (κ1) is 12.7. The lowest BCUT2D eigenvalue weighted by molar-refractivity contribution is 1.26. The van der Waals surface area contributed by atoms with Crippen molar-refractivity contribution in [2.45, 2.75) is 0 Å². The molecule has 5 aromatic rings. The summed E-state index contributed by atoms with van der Waals surface area (Å²) in [7, 11) is 0. The molecule has 0 radical (unpaired) electrons. The van der Waals surface area contributed by atoms with Crippen LogP contribution in [0.25, 0.3) is 42.5 Å². The quantitative estimate of drug-likeness (QED) is 0.434. The van der Waals surface area contributed by atoms with Gasteiger partial charge in [0.1, 0.15) is 5.69 Å². The van der Waals surface area contributed by atoms with E-state index in [4.69, 9.17) is 0 Å². The molecular weight excluding hydrogens is 302 g/mol. The summed E-state index contributed by atoms with van der Waals surface area (Å²) in [4.78, 5) is 13.7. The third-order valence-corrected chi connectivity index (χ3v) is 5.16. The van der Waals surface area contributed by atoms with Crippen LogP contribution in [-0.2, 0) is 0 Å². The van der Waals surface area contributed by atoms with Gasteiger partial charge >= 0.3 is 0 Å². The number of thiophene rings is 1. The Morgan fingerprint density at radius 2 is 1.70 bits per heavy atom. The van der Waals surface area contributed by atoms with Gasteiger partial charge in [0.05, 0.1) is 11.2 Å². The third kappa shape index (κ3) is 1.92. The molecule has 0 unspecified atom stereocenters. The van der Waals surface area contributed by atoms with E-state index in [1.165, 1.54) is 20.2 Å². The minimum atomic E-state index is 0.836. The van der Waals surface area contributed by atoms with Crippen LogP contribution in [0.3, 0.4) is 0 Å². The van der Waals surface area contributed by atoms with Crippen molar-refractivity contribution < 1.29 is 0 Å². The summed E-state index contributed by atoms with van der Waals surface area (Å²) in [5.74, 6) is 0. The fourth-order valence-corrected chi connectivity index (χ4v) is 4.06. The molecule has 0 amide bonds. The monoisotopic (exact) mass is 313 g/mol. The Morgan fingerprint density at radius 1 is 0.739 bits per heavy atom. The van der Waals surface area contributed by atoms with E-state index in [1.54, 1.807) is 17.5 Å². The highest BCUT2D eigenvalue weighted by Crippen LogP contribution is 2.35. The second kappa shape index (κ2) is 4.83. The zero-order chi connectivity index (χ0) is 15.2. The first-order chi connectivity index (χ1) is 11.4. The Morgan fingerprint density at radius 3 is 2.70 bits per heavy atom. The van der Waals surface area contributed by atoms with Crippen molar-refractivity contribution in [3.05, 3.63) is 67.1 Å². The Kier molecular flexibility index (Phi) is 2.66. The highest BCUT2D eigenvalue weighted by molar-refractivity contribution is 7.25. The van der Waals surface area contributed by atoms with Gasteiger partial charge in [0.25, 0.3) is 0 Å². The van der Waals surface area contributed by atoms with Crippen LogP contribution in [0.15, 0.2) is 67.1 Å². The zero-order valence-electron chi connectivity index (χ0n) is 12.1. The lowest BCUT2D eigenvalue weighted by atomic mass is 10.1. The van der Waals surface area contributed by atoms with Crippen molar-refractivity contribution in [1.82, 2.24) is 15.0 Å². The highest BCUT2D eigenvalue weighted by Gasteiger charge is 2.11. The molecule has 0 saturated heterocycles. The van der Waals surface area contributed by atoms with E-state index in [1.807, 2.05) is 30.6 Å². The molecule has 4 heterocycles. The molecule has 0 fully saturated rings. The lowest BCUT2D eigenvalue weighted by Gasteiger charge is -2.04. The Balaban J connectivity index is 1.81. The van der Waals surface area contributed by atoms with Crippen LogP contribution < -0.4 is 0 Å². The van der Waals surface area contributed by atoms with Crippen LogP contribution in [-0.4, -0.2) is 15.0 Å². The average molecular weight is 313 g/mol. The minimum Gasteiger partial charge on any atom is -0.254 e. The van der Waals surface area contributed by atoms with Gasteiger partial charge in [-0.15, -0.1) is 11.3 Å². The molecule has 1 aromatic carbocycles. The number of hydrogen-bond acceptors (Lipinski definition) is 4. The van der Waals surface area contributed by atoms with Gasteiger partial charge in [-0.2, -0.15) is 0 Å². The maximum absolute atomic E-state index is 4.65. The van der Waals surface area contributed by atoms with Crippen LogP contribution in [0.4, 0.5) is 0 Å². The average Bonchev–Trinajstić information content (AvgIpc) is 2.99. The normalized spacial score (nSPS) is 11.5. The number of nitrogens with zero attached hydrogens (tertiary/aromatic N) is 3. The van der Waals surface area contributed by atoms with Crippen molar-refractivity contribution in [3.8, 4) is 11.4 Å². The van der Waals surface area contributed by atoms with Gasteiger partial charge in [-0.05, 0) is 24.3 Å². The van der Waals surface area contributed by atoms with Gasteiger partial charge in [-0.25, -0.2) is 0 Å². The standard InChI is InChI=1S/C19H11N3S/c1-2-6-16-13(5-1)14-11-22-15(10-17(14)23-16)19-18-12(7-9-21-19)4-3-8-20-18/h1-11H. The second-order valence-electron chi connectivity index (χ2n) is 5.40. The van der Waals surface area contributed by atoms with E-state index in [-0.39, 0.29) is 0 Å². The smallest absolute Gasteiger partial charge is 0.115 e. The summed E-state index contributed by atoms with van der Waals surface area (Å²) in [5, 5.41) is 3.54. The maximum Gasteiger partial charge on any atom is 0.115 e. The molecule has 0 spiro atoms. The molecular formula is C19H11N3S. The fraction of sp³-hybridized carbons (Fsp3) is 0. The number of hydrogen-bond donors (Lipinski definition) is 0. The molecule has 5 rings (SSSR count). The van der Waals surface area contributed by atoms with E-state index in [9.17, 15) is 0 Å². The number of aromatic nitrogens is 3. The number of fused-ring (bicyclic) bond motifs is 4. The molecule has 0 aliphatic carbocycles. The highest BCUT2D eigenvalue weighted by atomic mass is 32.1. The number of benzene rings is 1. The predicted molar refractivity (Wildman–Crippen MR) is 95.7 cm³/mol. The molecule has 3 nitrogen and oxygen atoms in total. The van der Waals surface area contributed by atoms with E-state index < -0.39 is 0 Å². The lowest BCUT2D eigenvalue weighted by Crippen LogP contribution is -1.90. The maximum atomic E-state index is 4.65. The molecule has 0 atom stereocenters. The summed E-state index contributed by atoms with van der Waals surface area (Å²) < 4.78 is 2.51. The molecule has 0 saturated carbocycles. The van der Waals surface area contributed by atoms with Gasteiger partial charge in [0.2, 0.25) is 0 Å². The summed E-state index contributed by atoms with van der Waals surface area (Å²) >= 11 is 1.79. The van der Waals surface area contributed by atoms with Crippen molar-refractivity contribution >= 4 is 42.4 Å². The first-order valence-corrected chi connectivity index (χ1v) is 8.19. The molecule has 23 heavy (non-hydrogen) atoms. The van der Waals surface area contributed by atoms with E-state index in [0.29, 0.717) is 0 Å². The number of pyridine rings is 3. The molecule has 0 bridgehead atoms. The number of rotatable bonds is 1. The van der Waals surface area contributed by atoms with Crippen LogP contribution in [0.1, 0.15) is 0 Å². The Labute approximate surface area is 136 Å². The molecule has 4 aromatic heterocycles. The third-order valence-electron chi connectivity index (χ3n) is 4.03. The summed E-state index contributed by atoms with van der Waals surface area (Å²) in [5.41, 5.74) is 2.60. The van der Waals surface area contributed by atoms with Crippen LogP contribution in [0, 0.1) is 0 Å². The zero-order valence-corrected chi connectivity index (χ0v) is 12.9. The van der Waals surface area contributed by atoms with Gasteiger partial charge in [-0.1, -0.05) is 24.3 Å². The van der Waals surface area contributed by atoms with Gasteiger partial charge < -0.3 is 0 Å². The first-order valence-electron chi connectivity index (χ1n) is 7.37. The van der Waals surface area contributed by atoms with Crippen molar-refractivity contribution in [3.63, 3.8) is 0 Å². The minimum absolute atomic E-state index is 0.836. The molecule has 108 valence electrons. The van der Waals surface area contributed by atoms with Gasteiger partial charge in [-0.3, -0.25) is 15.0 Å². The molecule has 0 N–H and O–H groups in total. The van der Waals surface area contributed by atoms with Crippen molar-refractivity contribution in [2.75, 3.05) is 0 Å². The topological polar surface area (TPSA) is 38.7 Å². The summed E-state index contributed by atoms with van der Waals surface area (Å²) in [6, 6.07) is 16.5. The van der Waals surface area contributed by atoms with Crippen LogP contribution in [0.2, 0.25) is 0 Å². The van der Waals surface area contributed by atoms with Gasteiger partial charge in [0.15, 0.2) is 0 Å². The van der Waals surface area contributed by atoms with E-state index in [2.05, 4.69) is 45.3 Å². The van der Waals surface area contributed by atoms with E-state index in [0.717, 1.165) is 22.3 Å². The van der Waals surface area contributed by atoms with Crippen molar-refractivity contribution in [1.29, 1.82) is 0 Å². The Bertz CT molecular complexity index is 1170. The second-order valence-corrected chi connectivity index (χ2v) is 6.48. The van der Waals surface area contributed by atoms with Crippen molar-refractivity contribution in [2.24, 2.45) is 0 Å². The van der Waals surface area contributed by atoms with E-state index >= 15 is 0 Å². The van der Waals surface area contributed by atoms with Crippen LogP contribution in [0.5, 0.6) is 0 Å².